The Bertz CT molecular complexity index is 730. The number of nitrogens with one attached hydrogen (secondary N) is 1. The van der Waals surface area contributed by atoms with Crippen LogP contribution >= 0.6 is 11.6 Å². The van der Waals surface area contributed by atoms with E-state index in [2.05, 4.69) is 4.72 Å². The van der Waals surface area contributed by atoms with Gasteiger partial charge in [-0.2, -0.15) is 0 Å². The van der Waals surface area contributed by atoms with Gasteiger partial charge in [0.15, 0.2) is 0 Å². The van der Waals surface area contributed by atoms with Crippen molar-refractivity contribution in [3.63, 3.8) is 0 Å². The zero-order chi connectivity index (χ0) is 14.8. The minimum Gasteiger partial charge on any atom is -0.399 e. The summed E-state index contributed by atoms with van der Waals surface area (Å²) < 4.78 is 27.0. The number of nitrogens with two attached hydrogens (primary N) is 1. The van der Waals surface area contributed by atoms with Crippen molar-refractivity contribution >= 4 is 27.3 Å². The van der Waals surface area contributed by atoms with Crippen molar-refractivity contribution in [2.45, 2.75) is 18.4 Å². The van der Waals surface area contributed by atoms with E-state index in [1.165, 1.54) is 18.2 Å². The number of hydrogen-bond donors (Lipinski definition) is 2. The smallest absolute Gasteiger partial charge is 0.242 e. The van der Waals surface area contributed by atoms with Gasteiger partial charge in [-0.1, -0.05) is 35.9 Å². The number of rotatable bonds is 4. The predicted molar refractivity (Wildman–Crippen MR) is 81.1 cm³/mol. The Hall–Kier alpha value is -1.56. The monoisotopic (exact) mass is 310 g/mol. The van der Waals surface area contributed by atoms with Gasteiger partial charge in [-0.15, -0.1) is 0 Å². The van der Waals surface area contributed by atoms with Gasteiger partial charge in [0.1, 0.15) is 4.90 Å². The lowest BCUT2D eigenvalue weighted by Crippen LogP contribution is -2.24. The van der Waals surface area contributed by atoms with Crippen LogP contribution in [-0.2, 0) is 16.6 Å². The van der Waals surface area contributed by atoms with Crippen LogP contribution in [0.3, 0.4) is 0 Å². The van der Waals surface area contributed by atoms with E-state index in [-0.39, 0.29) is 16.5 Å². The zero-order valence-electron chi connectivity index (χ0n) is 10.9. The van der Waals surface area contributed by atoms with Crippen molar-refractivity contribution in [3.8, 4) is 0 Å². The molecule has 0 fully saturated rings. The summed E-state index contributed by atoms with van der Waals surface area (Å²) in [6, 6.07) is 11.9. The van der Waals surface area contributed by atoms with Crippen molar-refractivity contribution in [2.75, 3.05) is 5.73 Å². The average molecular weight is 311 g/mol. The maximum Gasteiger partial charge on any atom is 0.242 e. The van der Waals surface area contributed by atoms with Crippen LogP contribution in [0.2, 0.25) is 5.02 Å². The van der Waals surface area contributed by atoms with E-state index < -0.39 is 10.0 Å². The fourth-order valence-corrected chi connectivity index (χ4v) is 3.35. The lowest BCUT2D eigenvalue weighted by atomic mass is 10.1. The molecule has 0 amide bonds. The fourth-order valence-electron chi connectivity index (χ4n) is 1.79. The zero-order valence-corrected chi connectivity index (χ0v) is 12.5. The van der Waals surface area contributed by atoms with Crippen molar-refractivity contribution in [1.29, 1.82) is 0 Å². The summed E-state index contributed by atoms with van der Waals surface area (Å²) in [5.41, 5.74) is 7.93. The third-order valence-corrected chi connectivity index (χ3v) is 4.84. The summed E-state index contributed by atoms with van der Waals surface area (Å²) in [7, 11) is -3.66. The van der Waals surface area contributed by atoms with Crippen molar-refractivity contribution < 1.29 is 8.42 Å². The molecule has 20 heavy (non-hydrogen) atoms. The summed E-state index contributed by atoms with van der Waals surface area (Å²) in [5, 5.41) is 0.113. The van der Waals surface area contributed by atoms with E-state index in [4.69, 9.17) is 17.3 Å². The highest BCUT2D eigenvalue weighted by molar-refractivity contribution is 7.89. The molecule has 2 aromatic rings. The van der Waals surface area contributed by atoms with Crippen molar-refractivity contribution in [1.82, 2.24) is 4.72 Å². The van der Waals surface area contributed by atoms with Crippen LogP contribution in [0.25, 0.3) is 0 Å². The molecule has 0 aliphatic carbocycles. The molecule has 0 spiro atoms. The van der Waals surface area contributed by atoms with Gasteiger partial charge in [0.2, 0.25) is 10.0 Å². The third kappa shape index (κ3) is 3.30. The van der Waals surface area contributed by atoms with E-state index in [9.17, 15) is 8.42 Å². The summed E-state index contributed by atoms with van der Waals surface area (Å²) in [5.74, 6) is 0. The average Bonchev–Trinajstić information content (AvgIpc) is 2.37. The maximum atomic E-state index is 12.2. The first-order valence-electron chi connectivity index (χ1n) is 5.99. The minimum atomic E-state index is -3.66. The molecule has 2 rings (SSSR count). The lowest BCUT2D eigenvalue weighted by molar-refractivity contribution is 0.581. The first-order valence-corrected chi connectivity index (χ1v) is 7.85. The second kappa shape index (κ2) is 5.83. The second-order valence-corrected chi connectivity index (χ2v) is 6.58. The molecule has 0 unspecified atom stereocenters. The van der Waals surface area contributed by atoms with Gasteiger partial charge in [0.25, 0.3) is 0 Å². The molecule has 3 N–H and O–H groups in total. The Balaban J connectivity index is 2.22. The number of sulfonamides is 1. The van der Waals surface area contributed by atoms with Crippen LogP contribution in [0.1, 0.15) is 11.1 Å². The van der Waals surface area contributed by atoms with Crippen LogP contribution in [0.4, 0.5) is 5.69 Å². The second-order valence-electron chi connectivity index (χ2n) is 4.44. The van der Waals surface area contributed by atoms with E-state index in [0.717, 1.165) is 11.1 Å². The molecule has 0 bridgehead atoms. The number of anilines is 1. The fraction of sp³-hybridized carbons (Fsp3) is 0.143. The third-order valence-electron chi connectivity index (χ3n) is 2.96. The van der Waals surface area contributed by atoms with Crippen LogP contribution < -0.4 is 10.5 Å². The van der Waals surface area contributed by atoms with Crippen molar-refractivity contribution in [3.05, 3.63) is 58.6 Å². The molecule has 0 aliphatic heterocycles. The van der Waals surface area contributed by atoms with Gasteiger partial charge < -0.3 is 5.73 Å². The van der Waals surface area contributed by atoms with Gasteiger partial charge in [-0.3, -0.25) is 0 Å². The summed E-state index contributed by atoms with van der Waals surface area (Å²) in [6.07, 6.45) is 0. The minimum absolute atomic E-state index is 0.0296. The van der Waals surface area contributed by atoms with Crippen LogP contribution in [-0.4, -0.2) is 8.42 Å². The summed E-state index contributed by atoms with van der Waals surface area (Å²) in [6.45, 7) is 2.15. The highest BCUT2D eigenvalue weighted by Gasteiger charge is 2.17. The largest absolute Gasteiger partial charge is 0.399 e. The van der Waals surface area contributed by atoms with E-state index in [0.29, 0.717) is 5.69 Å². The summed E-state index contributed by atoms with van der Waals surface area (Å²) >= 11 is 5.93. The SMILES string of the molecule is Cc1ccccc1CNS(=O)(=O)c1ccc(N)cc1Cl. The van der Waals surface area contributed by atoms with E-state index in [1.54, 1.807) is 0 Å². The maximum absolute atomic E-state index is 12.2. The van der Waals surface area contributed by atoms with Crippen LogP contribution in [0, 0.1) is 6.92 Å². The van der Waals surface area contributed by atoms with Crippen LogP contribution in [0.5, 0.6) is 0 Å². The first kappa shape index (κ1) is 14.8. The Kier molecular flexibility index (Phi) is 4.32. The predicted octanol–water partition coefficient (Wildman–Crippen LogP) is 2.71. The highest BCUT2D eigenvalue weighted by atomic mass is 35.5. The number of aryl methyl sites for hydroxylation is 1. The molecule has 0 heterocycles. The Morgan fingerprint density at radius 3 is 2.55 bits per heavy atom. The molecule has 0 radical (unpaired) electrons. The standard InChI is InChI=1S/C14H15ClN2O2S/c1-10-4-2-3-5-11(10)9-17-20(18,19)14-7-6-12(16)8-13(14)15/h2-8,17H,9,16H2,1H3. The molecule has 6 heteroatoms. The number of benzene rings is 2. The van der Waals surface area contributed by atoms with Gasteiger partial charge in [0.05, 0.1) is 5.02 Å². The van der Waals surface area contributed by atoms with E-state index >= 15 is 0 Å². The topological polar surface area (TPSA) is 72.2 Å². The molecule has 0 saturated heterocycles. The molecule has 4 nitrogen and oxygen atoms in total. The molecule has 106 valence electrons. The van der Waals surface area contributed by atoms with Gasteiger partial charge >= 0.3 is 0 Å². The van der Waals surface area contributed by atoms with E-state index in [1.807, 2.05) is 31.2 Å². The highest BCUT2D eigenvalue weighted by Crippen LogP contribution is 2.23. The molecule has 0 saturated carbocycles. The number of halogens is 1. The quantitative estimate of drug-likeness (QED) is 0.853. The van der Waals surface area contributed by atoms with Gasteiger partial charge in [-0.05, 0) is 36.2 Å². The van der Waals surface area contributed by atoms with Crippen LogP contribution in [0.15, 0.2) is 47.4 Å². The summed E-state index contributed by atoms with van der Waals surface area (Å²) in [4.78, 5) is 0.0296. The van der Waals surface area contributed by atoms with Gasteiger partial charge in [0, 0.05) is 12.2 Å². The molecule has 0 aromatic heterocycles. The first-order chi connectivity index (χ1) is 9.40. The Morgan fingerprint density at radius 1 is 1.20 bits per heavy atom. The Labute approximate surface area is 123 Å². The molecule has 2 aromatic carbocycles. The molecule has 0 atom stereocenters. The molecule has 0 aliphatic rings. The normalized spacial score (nSPS) is 11.5. The Morgan fingerprint density at radius 2 is 1.90 bits per heavy atom. The number of nitrogen functional groups attached to an aromatic ring is 1. The number of hydrogen-bond acceptors (Lipinski definition) is 3. The lowest BCUT2D eigenvalue weighted by Gasteiger charge is -2.10. The molecular formula is C14H15ClN2O2S. The van der Waals surface area contributed by atoms with Gasteiger partial charge in [-0.25, -0.2) is 13.1 Å². The van der Waals surface area contributed by atoms with Crippen molar-refractivity contribution in [2.24, 2.45) is 0 Å². The molecular weight excluding hydrogens is 296 g/mol.